The van der Waals surface area contributed by atoms with E-state index < -0.39 is 21.7 Å². The summed E-state index contributed by atoms with van der Waals surface area (Å²) < 4.78 is 0. The molecule has 2 unspecified atom stereocenters. The molecule has 4 rings (SSSR count). The Bertz CT molecular complexity index is 1330. The van der Waals surface area contributed by atoms with E-state index in [1.54, 1.807) is 24.3 Å². The zero-order valence-corrected chi connectivity index (χ0v) is 23.2. The second-order valence-corrected chi connectivity index (χ2v) is 10.1. The van der Waals surface area contributed by atoms with Crippen molar-refractivity contribution in [3.63, 3.8) is 0 Å². The average molecular weight is 567 g/mol. The third-order valence-electron chi connectivity index (χ3n) is 7.26. The van der Waals surface area contributed by atoms with Crippen molar-refractivity contribution in [3.8, 4) is 0 Å². The zero-order chi connectivity index (χ0) is 29.7. The van der Waals surface area contributed by atoms with Gasteiger partial charge in [-0.25, -0.2) is 0 Å². The number of Topliss-reactive ketones (excluding diaryl/α,β-unsaturated/α-hetero) is 1. The summed E-state index contributed by atoms with van der Waals surface area (Å²) >= 11 is 0. The molecule has 0 aliphatic rings. The fourth-order valence-corrected chi connectivity index (χ4v) is 4.91. The maximum absolute atomic E-state index is 14.3. The Labute approximate surface area is 244 Å². The maximum Gasteiger partial charge on any atom is 0.269 e. The third-order valence-corrected chi connectivity index (χ3v) is 7.26. The Morgan fingerprint density at radius 3 is 1.26 bits per heavy atom. The van der Waals surface area contributed by atoms with Gasteiger partial charge in [-0.3, -0.25) is 25.0 Å². The van der Waals surface area contributed by atoms with Crippen molar-refractivity contribution in [1.82, 2.24) is 10.6 Å². The molecule has 0 heterocycles. The fraction of sp³-hybridized carbons (Fsp3) is 0.242. The van der Waals surface area contributed by atoms with Crippen molar-refractivity contribution >= 4 is 17.2 Å². The zero-order valence-electron chi connectivity index (χ0n) is 23.2. The Balaban J connectivity index is 1.55. The van der Waals surface area contributed by atoms with Crippen molar-refractivity contribution in [3.05, 3.63) is 152 Å². The first kappa shape index (κ1) is 30.2. The Morgan fingerprint density at radius 2 is 0.929 bits per heavy atom. The van der Waals surface area contributed by atoms with Crippen LogP contribution >= 0.6 is 0 Å². The summed E-state index contributed by atoms with van der Waals surface area (Å²) in [5.74, 6) is -1.24. The summed E-state index contributed by atoms with van der Waals surface area (Å²) in [6.45, 7) is 1.99. The van der Waals surface area contributed by atoms with Crippen LogP contribution in [0.5, 0.6) is 0 Å². The highest BCUT2D eigenvalue weighted by atomic mass is 16.6. The average Bonchev–Trinajstić information content (AvgIpc) is 3.02. The minimum atomic E-state index is -0.585. The van der Waals surface area contributed by atoms with E-state index in [-0.39, 0.29) is 17.2 Å². The minimum Gasteiger partial charge on any atom is -0.315 e. The first-order chi connectivity index (χ1) is 20.4. The predicted octanol–water partition coefficient (Wildman–Crippen LogP) is 5.60. The van der Waals surface area contributed by atoms with Crippen molar-refractivity contribution in [2.75, 3.05) is 26.2 Å². The van der Waals surface area contributed by atoms with Crippen molar-refractivity contribution in [1.29, 1.82) is 0 Å². The van der Waals surface area contributed by atoms with E-state index in [1.165, 1.54) is 35.4 Å². The van der Waals surface area contributed by atoms with Crippen LogP contribution in [0, 0.1) is 20.2 Å². The highest BCUT2D eigenvalue weighted by molar-refractivity contribution is 5.92. The van der Waals surface area contributed by atoms with Crippen LogP contribution in [0.2, 0.25) is 0 Å². The van der Waals surface area contributed by atoms with E-state index in [4.69, 9.17) is 0 Å². The molecule has 0 fully saturated rings. The topological polar surface area (TPSA) is 127 Å². The molecule has 0 bridgehead atoms. The number of nitro groups is 2. The largest absolute Gasteiger partial charge is 0.315 e. The lowest BCUT2D eigenvalue weighted by Gasteiger charge is -2.24. The molecule has 0 spiro atoms. The standard InChI is InChI=1S/C33H34N4O5/c38-33(31(27-11-15-29(16-12-27)36(39)40)23-34-21-19-25-7-3-1-4-8-25)32(28-13-17-30(18-14-28)37(41)42)24-35-22-20-26-9-5-2-6-10-26/h1-18,31-32,34-35H,19-24H2. The monoisotopic (exact) mass is 566 g/mol. The Hall–Kier alpha value is -4.73. The van der Waals surface area contributed by atoms with Gasteiger partial charge in [0, 0.05) is 37.4 Å². The highest BCUT2D eigenvalue weighted by Crippen LogP contribution is 2.29. The Kier molecular flexibility index (Phi) is 11.0. The first-order valence-electron chi connectivity index (χ1n) is 13.9. The van der Waals surface area contributed by atoms with Gasteiger partial charge in [-0.2, -0.15) is 0 Å². The number of carbonyl (C=O) groups is 1. The number of carbonyl (C=O) groups excluding carboxylic acids is 1. The van der Waals surface area contributed by atoms with E-state index in [0.29, 0.717) is 37.3 Å². The molecule has 42 heavy (non-hydrogen) atoms. The van der Waals surface area contributed by atoms with Crippen LogP contribution in [-0.2, 0) is 17.6 Å². The van der Waals surface area contributed by atoms with Gasteiger partial charge in [0.15, 0.2) is 0 Å². The van der Waals surface area contributed by atoms with E-state index >= 15 is 0 Å². The lowest BCUT2D eigenvalue weighted by molar-refractivity contribution is -0.385. The number of rotatable bonds is 16. The van der Waals surface area contributed by atoms with E-state index in [0.717, 1.165) is 12.8 Å². The third kappa shape index (κ3) is 8.63. The van der Waals surface area contributed by atoms with Gasteiger partial charge < -0.3 is 10.6 Å². The van der Waals surface area contributed by atoms with Crippen LogP contribution in [0.1, 0.15) is 34.1 Å². The maximum atomic E-state index is 14.3. The summed E-state index contributed by atoms with van der Waals surface area (Å²) in [5.41, 5.74) is 3.61. The van der Waals surface area contributed by atoms with E-state index in [1.807, 2.05) is 60.7 Å². The quantitative estimate of drug-likeness (QED) is 0.103. The summed E-state index contributed by atoms with van der Waals surface area (Å²) in [6.07, 6.45) is 1.57. The van der Waals surface area contributed by atoms with Crippen molar-refractivity contribution in [2.45, 2.75) is 24.7 Å². The molecule has 0 aliphatic carbocycles. The fourth-order valence-electron chi connectivity index (χ4n) is 4.91. The summed E-state index contributed by atoms with van der Waals surface area (Å²) in [7, 11) is 0. The van der Waals surface area contributed by atoms with Crippen LogP contribution in [0.15, 0.2) is 109 Å². The number of non-ortho nitro benzene ring substituents is 2. The molecule has 0 aliphatic heterocycles. The van der Waals surface area contributed by atoms with Gasteiger partial charge in [0.1, 0.15) is 5.78 Å². The summed E-state index contributed by atoms with van der Waals surface area (Å²) in [6, 6.07) is 32.3. The smallest absolute Gasteiger partial charge is 0.269 e. The second kappa shape index (κ2) is 15.3. The van der Waals surface area contributed by atoms with Gasteiger partial charge in [-0.1, -0.05) is 84.9 Å². The Morgan fingerprint density at radius 1 is 0.571 bits per heavy atom. The SMILES string of the molecule is O=C(C(CNCCc1ccccc1)c1ccc([N+](=O)[O-])cc1)C(CNCCc1ccccc1)c1ccc([N+](=O)[O-])cc1. The second-order valence-electron chi connectivity index (χ2n) is 10.1. The molecule has 4 aromatic rings. The molecule has 2 atom stereocenters. The summed E-state index contributed by atoms with van der Waals surface area (Å²) in [5, 5.41) is 29.3. The molecule has 9 heteroatoms. The lowest BCUT2D eigenvalue weighted by Crippen LogP contribution is -2.35. The number of nitrogens with zero attached hydrogens (tertiary/aromatic N) is 2. The molecule has 0 aromatic heterocycles. The molecule has 4 aromatic carbocycles. The van der Waals surface area contributed by atoms with Gasteiger partial charge in [0.2, 0.25) is 0 Å². The number of nitro benzene ring substituents is 2. The van der Waals surface area contributed by atoms with Crippen LogP contribution < -0.4 is 10.6 Å². The first-order valence-corrected chi connectivity index (χ1v) is 13.9. The van der Waals surface area contributed by atoms with E-state index in [2.05, 4.69) is 10.6 Å². The van der Waals surface area contributed by atoms with Crippen LogP contribution in [0.25, 0.3) is 0 Å². The molecule has 216 valence electrons. The van der Waals surface area contributed by atoms with Gasteiger partial charge in [0.25, 0.3) is 11.4 Å². The number of nitrogens with one attached hydrogen (secondary N) is 2. The van der Waals surface area contributed by atoms with E-state index in [9.17, 15) is 25.0 Å². The van der Waals surface area contributed by atoms with Crippen LogP contribution in [0.4, 0.5) is 11.4 Å². The molecule has 0 radical (unpaired) electrons. The molecule has 9 nitrogen and oxygen atoms in total. The van der Waals surface area contributed by atoms with Crippen molar-refractivity contribution < 1.29 is 14.6 Å². The predicted molar refractivity (Wildman–Crippen MR) is 163 cm³/mol. The van der Waals surface area contributed by atoms with Crippen molar-refractivity contribution in [2.24, 2.45) is 0 Å². The minimum absolute atomic E-state index is 0.0449. The lowest BCUT2D eigenvalue weighted by atomic mass is 9.83. The summed E-state index contributed by atoms with van der Waals surface area (Å²) in [4.78, 5) is 35.8. The molecule has 0 saturated carbocycles. The highest BCUT2D eigenvalue weighted by Gasteiger charge is 2.30. The molecule has 0 saturated heterocycles. The van der Waals surface area contributed by atoms with Gasteiger partial charge in [-0.05, 0) is 48.2 Å². The number of ketones is 1. The van der Waals surface area contributed by atoms with Crippen LogP contribution in [-0.4, -0.2) is 41.8 Å². The normalized spacial score (nSPS) is 12.4. The number of benzene rings is 4. The van der Waals surface area contributed by atoms with Crippen LogP contribution in [0.3, 0.4) is 0 Å². The van der Waals surface area contributed by atoms with Gasteiger partial charge >= 0.3 is 0 Å². The number of hydrogen-bond acceptors (Lipinski definition) is 7. The van der Waals surface area contributed by atoms with Gasteiger partial charge in [0.05, 0.1) is 21.7 Å². The number of hydrogen-bond donors (Lipinski definition) is 2. The molecule has 0 amide bonds. The molecular formula is C33H34N4O5. The molecular weight excluding hydrogens is 532 g/mol. The molecule has 2 N–H and O–H groups in total. The van der Waals surface area contributed by atoms with Gasteiger partial charge in [-0.15, -0.1) is 0 Å².